The molecule has 0 bridgehead atoms. The maximum atomic E-state index is 11.0. The molecule has 0 aliphatic heterocycles. The van der Waals surface area contributed by atoms with Crippen molar-refractivity contribution >= 4 is 16.7 Å². The highest BCUT2D eigenvalue weighted by molar-refractivity contribution is 5.82. The summed E-state index contributed by atoms with van der Waals surface area (Å²) in [5, 5.41) is 19.1. The quantitative estimate of drug-likeness (QED) is 0.545. The highest BCUT2D eigenvalue weighted by Crippen LogP contribution is 2.31. The van der Waals surface area contributed by atoms with Crippen molar-refractivity contribution in [2.45, 2.75) is 6.92 Å². The Kier molecular flexibility index (Phi) is 3.02. The number of hydrogen-bond donors (Lipinski definition) is 0. The molecule has 2 aromatic carbocycles. The van der Waals surface area contributed by atoms with Gasteiger partial charge in [0.05, 0.1) is 23.2 Å². The van der Waals surface area contributed by atoms with Gasteiger partial charge in [-0.3, -0.25) is 10.1 Å². The van der Waals surface area contributed by atoms with E-state index in [-0.39, 0.29) is 11.4 Å². The molecule has 3 aromatic rings. The smallest absolute Gasteiger partial charge is 0.313 e. The van der Waals surface area contributed by atoms with E-state index in [0.717, 1.165) is 11.3 Å². The van der Waals surface area contributed by atoms with Crippen molar-refractivity contribution in [3.05, 3.63) is 52.1 Å². The van der Waals surface area contributed by atoms with Gasteiger partial charge in [0.25, 0.3) is 0 Å². The number of nitro benzene ring substituents is 1. The molecule has 0 saturated heterocycles. The lowest BCUT2D eigenvalue weighted by Gasteiger charge is -2.04. The molecule has 0 unspecified atom stereocenters. The van der Waals surface area contributed by atoms with Gasteiger partial charge in [0.1, 0.15) is 5.52 Å². The van der Waals surface area contributed by atoms with Gasteiger partial charge in [-0.25, -0.2) is 4.68 Å². The van der Waals surface area contributed by atoms with E-state index in [2.05, 4.69) is 10.3 Å². The van der Waals surface area contributed by atoms with Crippen molar-refractivity contribution < 1.29 is 9.66 Å². The van der Waals surface area contributed by atoms with Crippen LogP contribution < -0.4 is 4.74 Å². The van der Waals surface area contributed by atoms with E-state index < -0.39 is 4.92 Å². The Morgan fingerprint density at radius 2 is 1.95 bits per heavy atom. The van der Waals surface area contributed by atoms with E-state index in [1.54, 1.807) is 10.7 Å². The summed E-state index contributed by atoms with van der Waals surface area (Å²) >= 11 is 0. The summed E-state index contributed by atoms with van der Waals surface area (Å²) in [6, 6.07) is 10.7. The SMILES string of the molecule is COc1cc2c(cc1[N+](=O)[O-])nnn2-c1ccc(C)cc1. The number of aryl methyl sites for hydroxylation is 1. The summed E-state index contributed by atoms with van der Waals surface area (Å²) in [4.78, 5) is 10.5. The summed E-state index contributed by atoms with van der Waals surface area (Å²) in [5.74, 6) is 0.183. The molecule has 3 rings (SSSR count). The predicted octanol–water partition coefficient (Wildman–Crippen LogP) is 2.65. The standard InChI is InChI=1S/C14H12N4O3/c1-9-3-5-10(6-4-9)17-12-8-14(21-2)13(18(19)20)7-11(12)15-16-17/h3-8H,1-2H3. The van der Waals surface area contributed by atoms with E-state index in [1.165, 1.54) is 13.2 Å². The van der Waals surface area contributed by atoms with Gasteiger partial charge in [0.2, 0.25) is 0 Å². The molecule has 0 amide bonds. The number of rotatable bonds is 3. The van der Waals surface area contributed by atoms with E-state index in [9.17, 15) is 10.1 Å². The van der Waals surface area contributed by atoms with Gasteiger partial charge in [-0.1, -0.05) is 22.9 Å². The highest BCUT2D eigenvalue weighted by atomic mass is 16.6. The molecule has 0 atom stereocenters. The number of methoxy groups -OCH3 is 1. The van der Waals surface area contributed by atoms with Gasteiger partial charge in [-0.2, -0.15) is 0 Å². The molecular formula is C14H12N4O3. The van der Waals surface area contributed by atoms with Gasteiger partial charge in [-0.15, -0.1) is 5.10 Å². The third kappa shape index (κ3) is 2.18. The minimum Gasteiger partial charge on any atom is -0.490 e. The zero-order valence-electron chi connectivity index (χ0n) is 11.5. The number of benzene rings is 2. The summed E-state index contributed by atoms with van der Waals surface area (Å²) < 4.78 is 6.71. The second-order valence-corrected chi connectivity index (χ2v) is 4.61. The van der Waals surface area contributed by atoms with Crippen LogP contribution in [0.25, 0.3) is 16.7 Å². The molecule has 0 fully saturated rings. The summed E-state index contributed by atoms with van der Waals surface area (Å²) in [6.07, 6.45) is 0. The third-order valence-electron chi connectivity index (χ3n) is 3.22. The first kappa shape index (κ1) is 13.0. The Bertz CT molecular complexity index is 824. The van der Waals surface area contributed by atoms with Crippen molar-refractivity contribution in [1.29, 1.82) is 0 Å². The van der Waals surface area contributed by atoms with Crippen LogP contribution in [0.4, 0.5) is 5.69 Å². The highest BCUT2D eigenvalue weighted by Gasteiger charge is 2.19. The number of fused-ring (bicyclic) bond motifs is 1. The average Bonchev–Trinajstić information content (AvgIpc) is 2.89. The lowest BCUT2D eigenvalue weighted by Crippen LogP contribution is -1.98. The first-order valence-corrected chi connectivity index (χ1v) is 6.25. The van der Waals surface area contributed by atoms with Crippen molar-refractivity contribution in [3.8, 4) is 11.4 Å². The van der Waals surface area contributed by atoms with E-state index >= 15 is 0 Å². The Labute approximate surface area is 119 Å². The van der Waals surface area contributed by atoms with Crippen LogP contribution in [0.3, 0.4) is 0 Å². The number of nitrogens with zero attached hydrogens (tertiary/aromatic N) is 4. The summed E-state index contributed by atoms with van der Waals surface area (Å²) in [7, 11) is 1.40. The number of aromatic nitrogens is 3. The predicted molar refractivity (Wildman–Crippen MR) is 76.8 cm³/mol. The molecule has 0 aliphatic carbocycles. The van der Waals surface area contributed by atoms with Crippen LogP contribution >= 0.6 is 0 Å². The topological polar surface area (TPSA) is 83.1 Å². The maximum Gasteiger partial charge on any atom is 0.313 e. The fourth-order valence-corrected chi connectivity index (χ4v) is 2.12. The van der Waals surface area contributed by atoms with Crippen molar-refractivity contribution in [2.75, 3.05) is 7.11 Å². The Morgan fingerprint density at radius 1 is 1.24 bits per heavy atom. The van der Waals surface area contributed by atoms with Crippen LogP contribution in [-0.4, -0.2) is 27.0 Å². The first-order chi connectivity index (χ1) is 10.1. The van der Waals surface area contributed by atoms with E-state index in [1.807, 2.05) is 31.2 Å². The number of nitro groups is 1. The van der Waals surface area contributed by atoms with Crippen LogP contribution in [0.15, 0.2) is 36.4 Å². The monoisotopic (exact) mass is 284 g/mol. The lowest BCUT2D eigenvalue weighted by molar-refractivity contribution is -0.385. The second kappa shape index (κ2) is 4.86. The first-order valence-electron chi connectivity index (χ1n) is 6.25. The molecule has 0 saturated carbocycles. The van der Waals surface area contributed by atoms with Crippen LogP contribution in [0.2, 0.25) is 0 Å². The molecule has 0 aliphatic rings. The van der Waals surface area contributed by atoms with Crippen LogP contribution in [0.5, 0.6) is 5.75 Å². The number of hydrogen-bond acceptors (Lipinski definition) is 5. The average molecular weight is 284 g/mol. The molecule has 7 nitrogen and oxygen atoms in total. The zero-order valence-corrected chi connectivity index (χ0v) is 11.5. The van der Waals surface area contributed by atoms with Crippen LogP contribution in [0.1, 0.15) is 5.56 Å². The largest absolute Gasteiger partial charge is 0.490 e. The van der Waals surface area contributed by atoms with Crippen LogP contribution in [0, 0.1) is 17.0 Å². The normalized spacial score (nSPS) is 10.8. The Morgan fingerprint density at radius 3 is 2.57 bits per heavy atom. The molecule has 21 heavy (non-hydrogen) atoms. The Hall–Kier alpha value is -2.96. The van der Waals surface area contributed by atoms with Gasteiger partial charge in [0, 0.05) is 12.1 Å². The molecule has 0 radical (unpaired) electrons. The van der Waals surface area contributed by atoms with Crippen LogP contribution in [-0.2, 0) is 0 Å². The molecular weight excluding hydrogens is 272 g/mol. The Balaban J connectivity index is 2.22. The fourth-order valence-electron chi connectivity index (χ4n) is 2.12. The lowest BCUT2D eigenvalue weighted by atomic mass is 10.2. The van der Waals surface area contributed by atoms with E-state index in [4.69, 9.17) is 4.74 Å². The van der Waals surface area contributed by atoms with Gasteiger partial charge in [0.15, 0.2) is 5.75 Å². The van der Waals surface area contributed by atoms with Crippen molar-refractivity contribution in [2.24, 2.45) is 0 Å². The number of ether oxygens (including phenoxy) is 1. The molecule has 106 valence electrons. The second-order valence-electron chi connectivity index (χ2n) is 4.61. The molecule has 0 spiro atoms. The van der Waals surface area contributed by atoms with Crippen molar-refractivity contribution in [1.82, 2.24) is 15.0 Å². The minimum atomic E-state index is -0.497. The molecule has 1 aromatic heterocycles. The van der Waals surface area contributed by atoms with Gasteiger partial charge >= 0.3 is 5.69 Å². The summed E-state index contributed by atoms with van der Waals surface area (Å²) in [6.45, 7) is 2.00. The molecule has 1 heterocycles. The third-order valence-corrected chi connectivity index (χ3v) is 3.22. The van der Waals surface area contributed by atoms with Crippen molar-refractivity contribution in [3.63, 3.8) is 0 Å². The molecule has 0 N–H and O–H groups in total. The van der Waals surface area contributed by atoms with Gasteiger partial charge < -0.3 is 4.74 Å². The van der Waals surface area contributed by atoms with Gasteiger partial charge in [-0.05, 0) is 19.1 Å². The molecule has 7 heteroatoms. The zero-order chi connectivity index (χ0) is 15.0. The maximum absolute atomic E-state index is 11.0. The summed E-state index contributed by atoms with van der Waals surface area (Å²) in [5.41, 5.74) is 2.95. The minimum absolute atomic E-state index is 0.124. The van der Waals surface area contributed by atoms with E-state index in [0.29, 0.717) is 11.0 Å². The fraction of sp³-hybridized carbons (Fsp3) is 0.143.